The van der Waals surface area contributed by atoms with Crippen molar-refractivity contribution in [3.63, 3.8) is 0 Å². The van der Waals surface area contributed by atoms with E-state index in [-0.39, 0.29) is 5.76 Å². The molecule has 0 aliphatic rings. The predicted octanol–water partition coefficient (Wildman–Crippen LogP) is 1.14. The smallest absolute Gasteiger partial charge is 0.408 e. The van der Waals surface area contributed by atoms with Gasteiger partial charge in [-0.2, -0.15) is 0 Å². The number of carbonyl (C=O) groups is 2. The second-order valence-corrected chi connectivity index (χ2v) is 5.04. The zero-order valence-corrected chi connectivity index (χ0v) is 11.4. The first kappa shape index (κ1) is 15.0. The standard InChI is InChI=1S/C12H19N3O4/c1-7-5-6-8(18-7)9(10(16)15-13)14-11(17)19-12(2,3)4/h5-6,9H,13H2,1-4H3,(H,14,17)(H,15,16). The minimum atomic E-state index is -1.03. The van der Waals surface area contributed by atoms with Crippen molar-refractivity contribution in [2.24, 2.45) is 5.84 Å². The highest BCUT2D eigenvalue weighted by Crippen LogP contribution is 2.17. The molecule has 0 spiro atoms. The molecule has 106 valence electrons. The maximum absolute atomic E-state index is 11.7. The fourth-order valence-electron chi connectivity index (χ4n) is 1.38. The topological polar surface area (TPSA) is 107 Å². The second-order valence-electron chi connectivity index (χ2n) is 5.04. The van der Waals surface area contributed by atoms with E-state index in [4.69, 9.17) is 15.0 Å². The predicted molar refractivity (Wildman–Crippen MR) is 67.9 cm³/mol. The van der Waals surface area contributed by atoms with Gasteiger partial charge in [-0.05, 0) is 39.8 Å². The Morgan fingerprint density at radius 1 is 1.37 bits per heavy atom. The highest BCUT2D eigenvalue weighted by molar-refractivity contribution is 5.85. The number of hydrogen-bond acceptors (Lipinski definition) is 5. The van der Waals surface area contributed by atoms with Crippen LogP contribution in [0.4, 0.5) is 4.79 Å². The van der Waals surface area contributed by atoms with Crippen LogP contribution in [0.3, 0.4) is 0 Å². The number of aryl methyl sites for hydroxylation is 1. The summed E-state index contributed by atoms with van der Waals surface area (Å²) in [5, 5.41) is 2.41. The van der Waals surface area contributed by atoms with Crippen LogP contribution in [0.15, 0.2) is 16.5 Å². The molecule has 0 radical (unpaired) electrons. The summed E-state index contributed by atoms with van der Waals surface area (Å²) >= 11 is 0. The van der Waals surface area contributed by atoms with Gasteiger partial charge < -0.3 is 14.5 Å². The third-order valence-electron chi connectivity index (χ3n) is 2.11. The molecule has 1 heterocycles. The quantitative estimate of drug-likeness (QED) is 0.433. The molecule has 0 aromatic carbocycles. The Labute approximate surface area is 111 Å². The van der Waals surface area contributed by atoms with E-state index in [2.05, 4.69) is 5.32 Å². The Bertz CT molecular complexity index is 462. The Kier molecular flexibility index (Phi) is 4.55. The monoisotopic (exact) mass is 269 g/mol. The molecule has 19 heavy (non-hydrogen) atoms. The molecule has 1 atom stereocenters. The van der Waals surface area contributed by atoms with Crippen LogP contribution in [-0.4, -0.2) is 17.6 Å². The molecule has 4 N–H and O–H groups in total. The van der Waals surface area contributed by atoms with Crippen molar-refractivity contribution in [1.82, 2.24) is 10.7 Å². The van der Waals surface area contributed by atoms with Gasteiger partial charge in [0.1, 0.15) is 17.1 Å². The fraction of sp³-hybridized carbons (Fsp3) is 0.500. The van der Waals surface area contributed by atoms with E-state index in [1.807, 2.05) is 5.43 Å². The lowest BCUT2D eigenvalue weighted by Crippen LogP contribution is -2.44. The Balaban J connectivity index is 2.82. The summed E-state index contributed by atoms with van der Waals surface area (Å²) in [5.74, 6) is 5.39. The molecule has 0 fully saturated rings. The van der Waals surface area contributed by atoms with E-state index in [0.29, 0.717) is 5.76 Å². The molecule has 1 unspecified atom stereocenters. The van der Waals surface area contributed by atoms with Crippen LogP contribution < -0.4 is 16.6 Å². The maximum atomic E-state index is 11.7. The average Bonchev–Trinajstić information content (AvgIpc) is 2.69. The van der Waals surface area contributed by atoms with Gasteiger partial charge in [-0.25, -0.2) is 10.6 Å². The highest BCUT2D eigenvalue weighted by Gasteiger charge is 2.27. The van der Waals surface area contributed by atoms with E-state index in [9.17, 15) is 9.59 Å². The van der Waals surface area contributed by atoms with Gasteiger partial charge in [0.05, 0.1) is 0 Å². The van der Waals surface area contributed by atoms with Crippen LogP contribution in [0.25, 0.3) is 0 Å². The largest absolute Gasteiger partial charge is 0.464 e. The Morgan fingerprint density at radius 3 is 2.42 bits per heavy atom. The van der Waals surface area contributed by atoms with Gasteiger partial charge in [0, 0.05) is 0 Å². The van der Waals surface area contributed by atoms with Crippen LogP contribution in [0.5, 0.6) is 0 Å². The van der Waals surface area contributed by atoms with Crippen LogP contribution >= 0.6 is 0 Å². The first-order valence-corrected chi connectivity index (χ1v) is 5.79. The third kappa shape index (κ3) is 4.63. The second kappa shape index (κ2) is 5.75. The molecule has 1 aromatic rings. The summed E-state index contributed by atoms with van der Waals surface area (Å²) < 4.78 is 10.4. The van der Waals surface area contributed by atoms with Crippen molar-refractivity contribution in [3.8, 4) is 0 Å². The van der Waals surface area contributed by atoms with Crippen LogP contribution in [-0.2, 0) is 9.53 Å². The molecule has 0 aliphatic carbocycles. The summed E-state index contributed by atoms with van der Waals surface area (Å²) in [7, 11) is 0. The number of ether oxygens (including phenoxy) is 1. The Hall–Kier alpha value is -2.02. The highest BCUT2D eigenvalue weighted by atomic mass is 16.6. The molecule has 0 saturated carbocycles. The number of rotatable bonds is 3. The molecule has 0 bridgehead atoms. The first-order valence-electron chi connectivity index (χ1n) is 5.79. The van der Waals surface area contributed by atoms with Crippen molar-refractivity contribution >= 4 is 12.0 Å². The van der Waals surface area contributed by atoms with Crippen molar-refractivity contribution in [2.45, 2.75) is 39.3 Å². The molecule has 0 saturated heterocycles. The van der Waals surface area contributed by atoms with Gasteiger partial charge >= 0.3 is 6.09 Å². The zero-order valence-electron chi connectivity index (χ0n) is 11.4. The number of alkyl carbamates (subject to hydrolysis) is 1. The number of hydrogen-bond donors (Lipinski definition) is 3. The zero-order chi connectivity index (χ0) is 14.6. The average molecular weight is 269 g/mol. The number of nitrogens with two attached hydrogens (primary N) is 1. The van der Waals surface area contributed by atoms with Crippen molar-refractivity contribution in [2.75, 3.05) is 0 Å². The number of furan rings is 1. The van der Waals surface area contributed by atoms with Gasteiger partial charge in [0.15, 0.2) is 6.04 Å². The molecule has 1 rings (SSSR count). The summed E-state index contributed by atoms with van der Waals surface area (Å²) in [6.07, 6.45) is -0.727. The third-order valence-corrected chi connectivity index (χ3v) is 2.11. The molecular weight excluding hydrogens is 250 g/mol. The van der Waals surface area contributed by atoms with Crippen molar-refractivity contribution < 1.29 is 18.7 Å². The molecule has 2 amide bonds. The Morgan fingerprint density at radius 2 is 2.00 bits per heavy atom. The van der Waals surface area contributed by atoms with E-state index in [0.717, 1.165) is 0 Å². The van der Waals surface area contributed by atoms with Crippen LogP contribution in [0.2, 0.25) is 0 Å². The minimum Gasteiger partial charge on any atom is -0.464 e. The van der Waals surface area contributed by atoms with Crippen LogP contribution in [0.1, 0.15) is 38.3 Å². The SMILES string of the molecule is Cc1ccc(C(NC(=O)OC(C)(C)C)C(=O)NN)o1. The van der Waals surface area contributed by atoms with Gasteiger partial charge in [0.25, 0.3) is 5.91 Å². The summed E-state index contributed by atoms with van der Waals surface area (Å²) in [6.45, 7) is 6.90. The van der Waals surface area contributed by atoms with Gasteiger partial charge in [0.2, 0.25) is 0 Å². The molecule has 0 aliphatic heterocycles. The van der Waals surface area contributed by atoms with E-state index in [1.165, 1.54) is 0 Å². The number of hydrazine groups is 1. The lowest BCUT2D eigenvalue weighted by Gasteiger charge is -2.22. The van der Waals surface area contributed by atoms with Gasteiger partial charge in [-0.1, -0.05) is 0 Å². The fourth-order valence-corrected chi connectivity index (χ4v) is 1.38. The first-order chi connectivity index (χ1) is 8.73. The lowest BCUT2D eigenvalue weighted by atomic mass is 10.2. The van der Waals surface area contributed by atoms with E-state index >= 15 is 0 Å². The number of nitrogens with one attached hydrogen (secondary N) is 2. The molecule has 7 heteroatoms. The number of carbonyl (C=O) groups excluding carboxylic acids is 2. The number of amides is 2. The lowest BCUT2D eigenvalue weighted by molar-refractivity contribution is -0.123. The van der Waals surface area contributed by atoms with Crippen molar-refractivity contribution in [1.29, 1.82) is 0 Å². The van der Waals surface area contributed by atoms with E-state index < -0.39 is 23.6 Å². The molecule has 1 aromatic heterocycles. The normalized spacial score (nSPS) is 12.7. The summed E-state index contributed by atoms with van der Waals surface area (Å²) in [4.78, 5) is 23.3. The van der Waals surface area contributed by atoms with E-state index in [1.54, 1.807) is 39.8 Å². The summed E-state index contributed by atoms with van der Waals surface area (Å²) in [6, 6.07) is 2.24. The van der Waals surface area contributed by atoms with Gasteiger partial charge in [-0.15, -0.1) is 0 Å². The van der Waals surface area contributed by atoms with Crippen molar-refractivity contribution in [3.05, 3.63) is 23.7 Å². The minimum absolute atomic E-state index is 0.284. The maximum Gasteiger partial charge on any atom is 0.408 e. The van der Waals surface area contributed by atoms with Crippen LogP contribution in [0, 0.1) is 6.92 Å². The summed E-state index contributed by atoms with van der Waals surface area (Å²) in [5.41, 5.74) is 1.31. The molecule has 7 nitrogen and oxygen atoms in total. The van der Waals surface area contributed by atoms with Gasteiger partial charge in [-0.3, -0.25) is 10.2 Å². The molecular formula is C12H19N3O4.